The fourth-order valence-electron chi connectivity index (χ4n) is 1.43. The Morgan fingerprint density at radius 3 is 2.35 bits per heavy atom. The van der Waals surface area contributed by atoms with Crippen LogP contribution in [0.3, 0.4) is 0 Å². The second-order valence-electron chi connectivity index (χ2n) is 4.16. The first kappa shape index (κ1) is 21.8. The van der Waals surface area contributed by atoms with E-state index in [0.29, 0.717) is 0 Å². The van der Waals surface area contributed by atoms with Crippen molar-refractivity contribution in [1.82, 2.24) is 5.32 Å². The minimum atomic E-state index is -1.34. The first-order chi connectivity index (χ1) is 8.84. The number of halogens is 1. The molecule has 120 valence electrons. The van der Waals surface area contributed by atoms with Crippen molar-refractivity contribution in [3.8, 4) is 0 Å². The number of thioether (sulfide) groups is 1. The van der Waals surface area contributed by atoms with Crippen LogP contribution in [0.15, 0.2) is 0 Å². The number of hydrogen-bond donors (Lipinski definition) is 3. The SMILES string of the molecule is CCOC(=O)[C@@H](C)NC(=O)C(O)[C@@H](N)C(C)SCC.Cl. The molecule has 0 bridgehead atoms. The zero-order chi connectivity index (χ0) is 15.0. The summed E-state index contributed by atoms with van der Waals surface area (Å²) in [7, 11) is 0. The van der Waals surface area contributed by atoms with Crippen LogP contribution in [0.4, 0.5) is 0 Å². The molecule has 0 aliphatic heterocycles. The number of nitrogens with one attached hydrogen (secondary N) is 1. The van der Waals surface area contributed by atoms with Crippen molar-refractivity contribution in [2.45, 2.75) is 51.1 Å². The van der Waals surface area contributed by atoms with Crippen molar-refractivity contribution in [1.29, 1.82) is 0 Å². The molecule has 0 heterocycles. The number of rotatable bonds is 8. The lowest BCUT2D eigenvalue weighted by Crippen LogP contribution is -2.53. The third-order valence-electron chi connectivity index (χ3n) is 2.60. The molecule has 8 heteroatoms. The predicted molar refractivity (Wildman–Crippen MR) is 83.1 cm³/mol. The molecular weight excluding hydrogens is 304 g/mol. The minimum absolute atomic E-state index is 0. The number of carbonyl (C=O) groups is 2. The topological polar surface area (TPSA) is 102 Å². The largest absolute Gasteiger partial charge is 0.464 e. The summed E-state index contributed by atoms with van der Waals surface area (Å²) in [5, 5.41) is 12.2. The number of ether oxygens (including phenoxy) is 1. The van der Waals surface area contributed by atoms with Crippen LogP contribution in [0.5, 0.6) is 0 Å². The van der Waals surface area contributed by atoms with Crippen molar-refractivity contribution < 1.29 is 19.4 Å². The first-order valence-corrected chi connectivity index (χ1v) is 7.42. The highest BCUT2D eigenvalue weighted by Crippen LogP contribution is 2.14. The molecule has 0 aromatic heterocycles. The second-order valence-corrected chi connectivity index (χ2v) is 5.82. The Bertz CT molecular complexity index is 307. The van der Waals surface area contributed by atoms with Gasteiger partial charge in [0.25, 0.3) is 5.91 Å². The fraction of sp³-hybridized carbons (Fsp3) is 0.833. The number of hydrogen-bond acceptors (Lipinski definition) is 6. The van der Waals surface area contributed by atoms with Gasteiger partial charge in [0.15, 0.2) is 0 Å². The maximum atomic E-state index is 11.8. The molecular formula is C12H25ClN2O4S. The van der Waals surface area contributed by atoms with E-state index in [-0.39, 0.29) is 24.3 Å². The van der Waals surface area contributed by atoms with E-state index in [1.165, 1.54) is 6.92 Å². The lowest BCUT2D eigenvalue weighted by molar-refractivity contribution is -0.148. The van der Waals surface area contributed by atoms with E-state index >= 15 is 0 Å². The molecule has 6 nitrogen and oxygen atoms in total. The van der Waals surface area contributed by atoms with Gasteiger partial charge in [0.05, 0.1) is 12.6 Å². The zero-order valence-corrected chi connectivity index (χ0v) is 13.9. The lowest BCUT2D eigenvalue weighted by atomic mass is 10.1. The van der Waals surface area contributed by atoms with Gasteiger partial charge in [0, 0.05) is 5.25 Å². The molecule has 0 aliphatic rings. The van der Waals surface area contributed by atoms with Gasteiger partial charge in [0.2, 0.25) is 0 Å². The van der Waals surface area contributed by atoms with Crippen LogP contribution in [0, 0.1) is 0 Å². The van der Waals surface area contributed by atoms with Crippen LogP contribution in [-0.2, 0) is 14.3 Å². The molecule has 0 aromatic carbocycles. The van der Waals surface area contributed by atoms with Crippen LogP contribution in [0.2, 0.25) is 0 Å². The van der Waals surface area contributed by atoms with Gasteiger partial charge in [-0.15, -0.1) is 12.4 Å². The summed E-state index contributed by atoms with van der Waals surface area (Å²) in [4.78, 5) is 23.1. The van der Waals surface area contributed by atoms with Gasteiger partial charge in [0.1, 0.15) is 12.1 Å². The summed E-state index contributed by atoms with van der Waals surface area (Å²) in [6.07, 6.45) is -1.34. The monoisotopic (exact) mass is 328 g/mol. The quantitative estimate of drug-likeness (QED) is 0.554. The Labute approximate surface area is 130 Å². The number of aliphatic hydroxyl groups excluding tert-OH is 1. The molecule has 0 aliphatic carbocycles. The van der Waals surface area contributed by atoms with E-state index < -0.39 is 30.1 Å². The summed E-state index contributed by atoms with van der Waals surface area (Å²) in [6.45, 7) is 7.25. The van der Waals surface area contributed by atoms with Gasteiger partial charge in [-0.05, 0) is 19.6 Å². The van der Waals surface area contributed by atoms with Gasteiger partial charge >= 0.3 is 5.97 Å². The Hall–Kier alpha value is -0.500. The molecule has 0 aromatic rings. The number of nitrogens with two attached hydrogens (primary N) is 1. The number of esters is 1. The molecule has 0 radical (unpaired) electrons. The minimum Gasteiger partial charge on any atom is -0.464 e. The van der Waals surface area contributed by atoms with Gasteiger partial charge in [-0.1, -0.05) is 13.8 Å². The maximum absolute atomic E-state index is 11.8. The first-order valence-electron chi connectivity index (χ1n) is 6.37. The molecule has 20 heavy (non-hydrogen) atoms. The normalized spacial score (nSPS) is 16.3. The number of aliphatic hydroxyl groups is 1. The molecule has 0 spiro atoms. The van der Waals surface area contributed by atoms with Gasteiger partial charge < -0.3 is 20.9 Å². The molecule has 0 fully saturated rings. The Morgan fingerprint density at radius 2 is 1.90 bits per heavy atom. The summed E-state index contributed by atoms with van der Waals surface area (Å²) in [6, 6.07) is -1.48. The van der Waals surface area contributed by atoms with Crippen LogP contribution < -0.4 is 11.1 Å². The highest BCUT2D eigenvalue weighted by molar-refractivity contribution is 7.99. The Kier molecular flexibility index (Phi) is 12.2. The smallest absolute Gasteiger partial charge is 0.328 e. The molecule has 2 unspecified atom stereocenters. The maximum Gasteiger partial charge on any atom is 0.328 e. The van der Waals surface area contributed by atoms with E-state index in [9.17, 15) is 14.7 Å². The third-order valence-corrected chi connectivity index (χ3v) is 3.78. The van der Waals surface area contributed by atoms with E-state index in [1.807, 2.05) is 13.8 Å². The van der Waals surface area contributed by atoms with Gasteiger partial charge in [-0.3, -0.25) is 4.79 Å². The molecule has 1 amide bonds. The van der Waals surface area contributed by atoms with Crippen molar-refractivity contribution in [3.63, 3.8) is 0 Å². The van der Waals surface area contributed by atoms with Crippen LogP contribution in [0.1, 0.15) is 27.7 Å². The number of amides is 1. The van der Waals surface area contributed by atoms with Crippen molar-refractivity contribution in [2.24, 2.45) is 5.73 Å². The third kappa shape index (κ3) is 7.33. The number of carbonyl (C=O) groups excluding carboxylic acids is 2. The highest BCUT2D eigenvalue weighted by atomic mass is 35.5. The summed E-state index contributed by atoms with van der Waals surface area (Å²) in [5.41, 5.74) is 5.81. The van der Waals surface area contributed by atoms with E-state index in [1.54, 1.807) is 18.7 Å². The molecule has 0 saturated heterocycles. The summed E-state index contributed by atoms with van der Waals surface area (Å²) in [5.74, 6) is -0.341. The van der Waals surface area contributed by atoms with E-state index in [4.69, 9.17) is 10.5 Å². The standard InChI is InChI=1S/C12H24N2O4S.ClH/c1-5-18-12(17)7(3)14-11(16)10(15)9(13)8(4)19-6-2;/h7-10,15H,5-6,13H2,1-4H3,(H,14,16);1H/t7-,8?,9+,10?;/m1./s1. The fourth-order valence-corrected chi connectivity index (χ4v) is 2.33. The van der Waals surface area contributed by atoms with Gasteiger partial charge in [-0.25, -0.2) is 4.79 Å². The van der Waals surface area contributed by atoms with Crippen molar-refractivity contribution >= 4 is 36.0 Å². The molecule has 0 rings (SSSR count). The van der Waals surface area contributed by atoms with E-state index in [2.05, 4.69) is 5.32 Å². The average molecular weight is 329 g/mol. The van der Waals surface area contributed by atoms with Crippen molar-refractivity contribution in [2.75, 3.05) is 12.4 Å². The zero-order valence-electron chi connectivity index (χ0n) is 12.3. The lowest BCUT2D eigenvalue weighted by Gasteiger charge is -2.24. The summed E-state index contributed by atoms with van der Waals surface area (Å²) < 4.78 is 4.76. The molecule has 4 N–H and O–H groups in total. The van der Waals surface area contributed by atoms with Crippen molar-refractivity contribution in [3.05, 3.63) is 0 Å². The van der Waals surface area contributed by atoms with E-state index in [0.717, 1.165) is 5.75 Å². The van der Waals surface area contributed by atoms with Crippen LogP contribution >= 0.6 is 24.2 Å². The summed E-state index contributed by atoms with van der Waals surface area (Å²) >= 11 is 1.56. The molecule has 0 saturated carbocycles. The van der Waals surface area contributed by atoms with Crippen LogP contribution in [0.25, 0.3) is 0 Å². The average Bonchev–Trinajstić information content (AvgIpc) is 2.37. The van der Waals surface area contributed by atoms with Crippen LogP contribution in [-0.4, -0.2) is 52.8 Å². The Morgan fingerprint density at radius 1 is 1.35 bits per heavy atom. The predicted octanol–water partition coefficient (Wildman–Crippen LogP) is 0.306. The highest BCUT2D eigenvalue weighted by Gasteiger charge is 2.29. The van der Waals surface area contributed by atoms with Gasteiger partial charge in [-0.2, -0.15) is 11.8 Å². The molecule has 4 atom stereocenters. The second kappa shape index (κ2) is 11.2. The Balaban J connectivity index is 0.